The average molecular weight is 302 g/mol. The monoisotopic (exact) mass is 302 g/mol. The summed E-state index contributed by atoms with van der Waals surface area (Å²) in [6, 6.07) is 7.82. The second kappa shape index (κ2) is 5.66. The van der Waals surface area contributed by atoms with E-state index >= 15 is 0 Å². The van der Waals surface area contributed by atoms with Crippen LogP contribution in [0.25, 0.3) is 0 Å². The van der Waals surface area contributed by atoms with Crippen molar-refractivity contribution in [3.05, 3.63) is 39.8 Å². The first-order valence-corrected chi connectivity index (χ1v) is 8.27. The topological polar surface area (TPSA) is 43.4 Å². The molecule has 0 unspecified atom stereocenters. The van der Waals surface area contributed by atoms with Gasteiger partial charge in [0.2, 0.25) is 0 Å². The minimum absolute atomic E-state index is 0.0618. The third-order valence-electron chi connectivity index (χ3n) is 3.86. The predicted octanol–water partition coefficient (Wildman–Crippen LogP) is 2.56. The molecule has 1 aromatic carbocycles. The van der Waals surface area contributed by atoms with Crippen molar-refractivity contribution >= 4 is 11.3 Å². The Morgan fingerprint density at radius 3 is 3.05 bits per heavy atom. The van der Waals surface area contributed by atoms with E-state index in [-0.39, 0.29) is 6.10 Å². The number of thiazole rings is 1. The van der Waals surface area contributed by atoms with Crippen molar-refractivity contribution in [1.82, 2.24) is 10.3 Å². The molecule has 1 aliphatic heterocycles. The molecule has 21 heavy (non-hydrogen) atoms. The molecule has 2 aliphatic rings. The van der Waals surface area contributed by atoms with Crippen LogP contribution in [0.15, 0.2) is 24.3 Å². The summed E-state index contributed by atoms with van der Waals surface area (Å²) in [5, 5.41) is 4.63. The number of nitrogens with one attached hydrogen (secondary N) is 1. The zero-order valence-electron chi connectivity index (χ0n) is 11.8. The fourth-order valence-corrected chi connectivity index (χ4v) is 3.95. The maximum Gasteiger partial charge on any atom is 0.161 e. The molecule has 0 bridgehead atoms. The first-order valence-electron chi connectivity index (χ1n) is 7.45. The number of fused-ring (bicyclic) bond motifs is 2. The Hall–Kier alpha value is -1.59. The SMILES string of the molecule is c1ccc2c(c1)OC[C@H](CNCc1nc3c(s1)CCC3)O2. The summed E-state index contributed by atoms with van der Waals surface area (Å²) in [5.74, 6) is 1.67. The number of hydrogen-bond donors (Lipinski definition) is 1. The molecule has 0 saturated heterocycles. The summed E-state index contributed by atoms with van der Waals surface area (Å²) in [7, 11) is 0. The highest BCUT2D eigenvalue weighted by molar-refractivity contribution is 7.11. The zero-order valence-corrected chi connectivity index (χ0v) is 12.6. The summed E-state index contributed by atoms with van der Waals surface area (Å²) in [5.41, 5.74) is 1.32. The van der Waals surface area contributed by atoms with Gasteiger partial charge in [0.05, 0.1) is 5.69 Å². The molecule has 2 aromatic rings. The summed E-state index contributed by atoms with van der Waals surface area (Å²) in [4.78, 5) is 6.18. The number of ether oxygens (including phenoxy) is 2. The van der Waals surface area contributed by atoms with Gasteiger partial charge in [-0.1, -0.05) is 12.1 Å². The van der Waals surface area contributed by atoms with E-state index in [9.17, 15) is 0 Å². The lowest BCUT2D eigenvalue weighted by atomic mass is 10.2. The fourth-order valence-electron chi connectivity index (χ4n) is 2.82. The molecular weight excluding hydrogens is 284 g/mol. The Bertz CT molecular complexity index is 619. The molecule has 0 amide bonds. The minimum atomic E-state index is 0.0618. The van der Waals surface area contributed by atoms with Crippen molar-refractivity contribution in [2.24, 2.45) is 0 Å². The van der Waals surface area contributed by atoms with Crippen LogP contribution in [0.5, 0.6) is 11.5 Å². The second-order valence-corrected chi connectivity index (χ2v) is 6.63. The van der Waals surface area contributed by atoms with Crippen LogP contribution >= 0.6 is 11.3 Å². The smallest absolute Gasteiger partial charge is 0.161 e. The number of rotatable bonds is 4. The van der Waals surface area contributed by atoms with E-state index in [1.165, 1.54) is 28.4 Å². The van der Waals surface area contributed by atoms with Crippen LogP contribution in [0.4, 0.5) is 0 Å². The van der Waals surface area contributed by atoms with Crippen molar-refractivity contribution in [3.63, 3.8) is 0 Å². The van der Waals surface area contributed by atoms with Crippen molar-refractivity contribution in [1.29, 1.82) is 0 Å². The minimum Gasteiger partial charge on any atom is -0.486 e. The number of hydrogen-bond acceptors (Lipinski definition) is 5. The van der Waals surface area contributed by atoms with Crippen LogP contribution in [0.2, 0.25) is 0 Å². The number of nitrogens with zero attached hydrogens (tertiary/aromatic N) is 1. The summed E-state index contributed by atoms with van der Waals surface area (Å²) in [6.07, 6.45) is 3.70. The number of aromatic nitrogens is 1. The Morgan fingerprint density at radius 2 is 2.14 bits per heavy atom. The van der Waals surface area contributed by atoms with Gasteiger partial charge in [-0.2, -0.15) is 0 Å². The van der Waals surface area contributed by atoms with Gasteiger partial charge in [-0.3, -0.25) is 0 Å². The van der Waals surface area contributed by atoms with Crippen LogP contribution in [0.1, 0.15) is 22.0 Å². The Labute approximate surface area is 128 Å². The van der Waals surface area contributed by atoms with E-state index in [2.05, 4.69) is 5.32 Å². The Morgan fingerprint density at radius 1 is 1.24 bits per heavy atom. The lowest BCUT2D eigenvalue weighted by molar-refractivity contribution is 0.0902. The lowest BCUT2D eigenvalue weighted by Gasteiger charge is -2.26. The highest BCUT2D eigenvalue weighted by Gasteiger charge is 2.21. The third-order valence-corrected chi connectivity index (χ3v) is 5.01. The molecular formula is C16H18N2O2S. The number of benzene rings is 1. The van der Waals surface area contributed by atoms with E-state index in [1.54, 1.807) is 0 Å². The summed E-state index contributed by atoms with van der Waals surface area (Å²) >= 11 is 1.85. The van der Waals surface area contributed by atoms with Crippen LogP contribution < -0.4 is 14.8 Å². The van der Waals surface area contributed by atoms with Gasteiger partial charge < -0.3 is 14.8 Å². The zero-order chi connectivity index (χ0) is 14.1. The van der Waals surface area contributed by atoms with Crippen LogP contribution in [0.3, 0.4) is 0 Å². The third kappa shape index (κ3) is 2.76. The standard InChI is InChI=1S/C16H18N2O2S/c1-2-6-14-13(5-1)19-10-11(20-14)8-17-9-16-18-12-4-3-7-15(12)21-16/h1-2,5-6,11,17H,3-4,7-10H2/t11-/m0/s1. The van der Waals surface area contributed by atoms with Crippen molar-refractivity contribution in [2.75, 3.05) is 13.2 Å². The largest absolute Gasteiger partial charge is 0.486 e. The number of para-hydroxylation sites is 2. The first-order chi connectivity index (χ1) is 10.4. The van der Waals surface area contributed by atoms with Gasteiger partial charge >= 0.3 is 0 Å². The summed E-state index contributed by atoms with van der Waals surface area (Å²) < 4.78 is 11.6. The van der Waals surface area contributed by atoms with Crippen molar-refractivity contribution in [3.8, 4) is 11.5 Å². The molecule has 1 atom stereocenters. The first kappa shape index (κ1) is 13.1. The maximum absolute atomic E-state index is 5.93. The molecule has 4 rings (SSSR count). The van der Waals surface area contributed by atoms with Gasteiger partial charge in [-0.25, -0.2) is 4.98 Å². The van der Waals surface area contributed by atoms with Crippen LogP contribution in [-0.2, 0) is 19.4 Å². The van der Waals surface area contributed by atoms with Crippen molar-refractivity contribution in [2.45, 2.75) is 31.9 Å². The fraction of sp³-hybridized carbons (Fsp3) is 0.438. The Balaban J connectivity index is 1.29. The summed E-state index contributed by atoms with van der Waals surface area (Å²) in [6.45, 7) is 2.19. The molecule has 0 saturated carbocycles. The molecule has 1 aromatic heterocycles. The average Bonchev–Trinajstić information content (AvgIpc) is 3.08. The van der Waals surface area contributed by atoms with Gasteiger partial charge in [0.1, 0.15) is 17.7 Å². The maximum atomic E-state index is 5.93. The van der Waals surface area contributed by atoms with E-state index < -0.39 is 0 Å². The van der Waals surface area contributed by atoms with E-state index in [4.69, 9.17) is 14.5 Å². The van der Waals surface area contributed by atoms with Crippen LogP contribution in [-0.4, -0.2) is 24.2 Å². The molecule has 2 heterocycles. The number of aryl methyl sites for hydroxylation is 2. The van der Waals surface area contributed by atoms with Crippen molar-refractivity contribution < 1.29 is 9.47 Å². The predicted molar refractivity (Wildman–Crippen MR) is 82.2 cm³/mol. The molecule has 0 radical (unpaired) electrons. The quantitative estimate of drug-likeness (QED) is 0.942. The van der Waals surface area contributed by atoms with E-state index in [1.807, 2.05) is 35.6 Å². The van der Waals surface area contributed by atoms with Gasteiger partial charge in [-0.05, 0) is 31.4 Å². The molecule has 0 fully saturated rings. The van der Waals surface area contributed by atoms with Gasteiger partial charge in [-0.15, -0.1) is 11.3 Å². The highest BCUT2D eigenvalue weighted by atomic mass is 32.1. The van der Waals surface area contributed by atoms with Gasteiger partial charge in [0.25, 0.3) is 0 Å². The van der Waals surface area contributed by atoms with Gasteiger partial charge in [0, 0.05) is 18.0 Å². The Kier molecular flexibility index (Phi) is 3.53. The molecule has 4 nitrogen and oxygen atoms in total. The molecule has 110 valence electrons. The highest BCUT2D eigenvalue weighted by Crippen LogP contribution is 2.31. The lowest BCUT2D eigenvalue weighted by Crippen LogP contribution is -2.38. The molecule has 5 heteroatoms. The molecule has 0 spiro atoms. The second-order valence-electron chi connectivity index (χ2n) is 5.46. The normalized spacial score (nSPS) is 19.5. The van der Waals surface area contributed by atoms with E-state index in [0.717, 1.165) is 31.0 Å². The van der Waals surface area contributed by atoms with E-state index in [0.29, 0.717) is 6.61 Å². The molecule has 1 aliphatic carbocycles. The van der Waals surface area contributed by atoms with Crippen LogP contribution in [0, 0.1) is 0 Å². The molecule has 1 N–H and O–H groups in total. The van der Waals surface area contributed by atoms with Gasteiger partial charge in [0.15, 0.2) is 11.5 Å².